The summed E-state index contributed by atoms with van der Waals surface area (Å²) >= 11 is 0. The topological polar surface area (TPSA) is 163 Å². The zero-order chi connectivity index (χ0) is 35.7. The Labute approximate surface area is 292 Å². The van der Waals surface area contributed by atoms with Crippen molar-refractivity contribution in [1.29, 1.82) is 0 Å². The van der Waals surface area contributed by atoms with E-state index in [4.69, 9.17) is 10.5 Å². The van der Waals surface area contributed by atoms with Gasteiger partial charge < -0.3 is 36.4 Å². The molecule has 5 amide bonds. The number of alkyl carbamates (subject to hydrolysis) is 1. The van der Waals surface area contributed by atoms with Crippen LogP contribution in [-0.2, 0) is 40.2 Å². The Kier molecular flexibility index (Phi) is 14.4. The van der Waals surface area contributed by atoms with Crippen LogP contribution < -0.4 is 21.7 Å². The van der Waals surface area contributed by atoms with E-state index in [0.717, 1.165) is 22.3 Å². The minimum Gasteiger partial charge on any atom is -0.445 e. The summed E-state index contributed by atoms with van der Waals surface area (Å²) in [5.41, 5.74) is 9.05. The number of aliphatic hydroxyl groups excluding tert-OH is 1. The first-order valence-corrected chi connectivity index (χ1v) is 16.6. The first-order valence-electron chi connectivity index (χ1n) is 16.6. The Morgan fingerprint density at radius 3 is 1.74 bits per heavy atom. The third-order valence-electron chi connectivity index (χ3n) is 8.16. The number of nitrogens with two attached hydrogens (primary N) is 1. The fraction of sp³-hybridized carbons (Fsp3) is 0.282. The lowest BCUT2D eigenvalue weighted by atomic mass is 10.0. The highest BCUT2D eigenvalue weighted by atomic mass is 16.5. The van der Waals surface area contributed by atoms with Crippen molar-refractivity contribution in [2.45, 2.75) is 57.0 Å². The molecular weight excluding hydrogens is 634 g/mol. The van der Waals surface area contributed by atoms with Crippen LogP contribution in [-0.4, -0.2) is 71.3 Å². The van der Waals surface area contributed by atoms with E-state index < -0.39 is 48.2 Å². The smallest absolute Gasteiger partial charge is 0.407 e. The van der Waals surface area contributed by atoms with Gasteiger partial charge in [0.05, 0.1) is 18.7 Å². The number of rotatable bonds is 17. The molecule has 0 aliphatic rings. The first kappa shape index (κ1) is 37.1. The van der Waals surface area contributed by atoms with Crippen molar-refractivity contribution >= 4 is 23.9 Å². The monoisotopic (exact) mass is 679 g/mol. The van der Waals surface area contributed by atoms with Crippen molar-refractivity contribution in [2.24, 2.45) is 5.73 Å². The van der Waals surface area contributed by atoms with Gasteiger partial charge in [-0.15, -0.1) is 0 Å². The Morgan fingerprint density at radius 1 is 0.700 bits per heavy atom. The van der Waals surface area contributed by atoms with Crippen molar-refractivity contribution < 1.29 is 29.0 Å². The summed E-state index contributed by atoms with van der Waals surface area (Å²) in [7, 11) is 0. The van der Waals surface area contributed by atoms with Gasteiger partial charge in [-0.25, -0.2) is 9.59 Å². The molecule has 0 aliphatic heterocycles. The molecule has 50 heavy (non-hydrogen) atoms. The number of ether oxygens (including phenoxy) is 1. The molecule has 4 rings (SSSR count). The highest BCUT2D eigenvalue weighted by Gasteiger charge is 2.29. The summed E-state index contributed by atoms with van der Waals surface area (Å²) in [6, 6.07) is 33.9. The van der Waals surface area contributed by atoms with Gasteiger partial charge in [0.25, 0.3) is 0 Å². The lowest BCUT2D eigenvalue weighted by Gasteiger charge is -2.31. The van der Waals surface area contributed by atoms with Crippen molar-refractivity contribution in [3.8, 4) is 0 Å². The molecule has 4 aromatic carbocycles. The van der Waals surface area contributed by atoms with Crippen molar-refractivity contribution in [3.63, 3.8) is 0 Å². The lowest BCUT2D eigenvalue weighted by Crippen LogP contribution is -2.56. The number of nitrogens with one attached hydrogen (secondary N) is 3. The molecule has 11 nitrogen and oxygen atoms in total. The summed E-state index contributed by atoms with van der Waals surface area (Å²) < 4.78 is 5.44. The number of nitrogens with zero attached hydrogens (tertiary/aromatic N) is 1. The molecular formula is C39H45N5O6. The lowest BCUT2D eigenvalue weighted by molar-refractivity contribution is -0.128. The fourth-order valence-electron chi connectivity index (χ4n) is 5.32. The second-order valence-corrected chi connectivity index (χ2v) is 12.1. The molecule has 0 radical (unpaired) electrons. The molecule has 0 aliphatic carbocycles. The Hall–Kier alpha value is -5.68. The van der Waals surface area contributed by atoms with Crippen LogP contribution in [0.15, 0.2) is 121 Å². The van der Waals surface area contributed by atoms with Crippen LogP contribution in [0.4, 0.5) is 9.59 Å². The molecule has 0 spiro atoms. The quantitative estimate of drug-likeness (QED) is 0.114. The summed E-state index contributed by atoms with van der Waals surface area (Å²) in [4.78, 5) is 53.3. The predicted octanol–water partition coefficient (Wildman–Crippen LogP) is 3.74. The number of hydrogen-bond acceptors (Lipinski definition) is 6. The van der Waals surface area contributed by atoms with Crippen LogP contribution in [0, 0.1) is 0 Å². The fourth-order valence-corrected chi connectivity index (χ4v) is 5.32. The molecule has 4 atom stereocenters. The van der Waals surface area contributed by atoms with Gasteiger partial charge in [-0.3, -0.25) is 9.59 Å². The highest BCUT2D eigenvalue weighted by molar-refractivity contribution is 5.91. The summed E-state index contributed by atoms with van der Waals surface area (Å²) in [5, 5.41) is 19.7. The van der Waals surface area contributed by atoms with Crippen molar-refractivity contribution in [1.82, 2.24) is 20.9 Å². The molecule has 0 saturated carbocycles. The SMILES string of the molecule is C[C@H](NC(=O)N(CCc1ccccc1)C[C@@H](O)[C@H](Cc1ccccc1)NC(=O)OCc1ccccc1)C(=O)N[C@@H](Cc1ccccc1)C(N)=O. The van der Waals surface area contributed by atoms with Crippen LogP contribution in [0.1, 0.15) is 29.2 Å². The molecule has 6 N–H and O–H groups in total. The van der Waals surface area contributed by atoms with Crippen LogP contribution in [0.2, 0.25) is 0 Å². The Morgan fingerprint density at radius 2 is 1.20 bits per heavy atom. The minimum absolute atomic E-state index is 0.0499. The maximum Gasteiger partial charge on any atom is 0.407 e. The van der Waals surface area contributed by atoms with Gasteiger partial charge in [0, 0.05) is 13.0 Å². The average Bonchev–Trinajstić information content (AvgIpc) is 3.13. The average molecular weight is 680 g/mol. The highest BCUT2D eigenvalue weighted by Crippen LogP contribution is 2.11. The molecule has 0 unspecified atom stereocenters. The number of aliphatic hydroxyl groups is 1. The maximum absolute atomic E-state index is 13.7. The zero-order valence-electron chi connectivity index (χ0n) is 28.1. The molecule has 262 valence electrons. The van der Waals surface area contributed by atoms with Crippen LogP contribution in [0.3, 0.4) is 0 Å². The van der Waals surface area contributed by atoms with E-state index >= 15 is 0 Å². The van der Waals surface area contributed by atoms with Crippen molar-refractivity contribution in [3.05, 3.63) is 144 Å². The van der Waals surface area contributed by atoms with E-state index in [-0.39, 0.29) is 32.5 Å². The zero-order valence-corrected chi connectivity index (χ0v) is 28.1. The standard InChI is InChI=1S/C39H45N5O6/c1-28(37(47)42-34(36(40)46)25-31-18-10-4-11-19-31)41-38(48)44(23-22-29-14-6-2-7-15-29)26-35(45)33(24-30-16-8-3-9-17-30)43-39(49)50-27-32-20-12-5-13-21-32/h2-21,28,33-35,45H,22-27H2,1H3,(H2,40,46)(H,41,48)(H,42,47)(H,43,49)/t28-,33-,34-,35+/m0/s1. The minimum atomic E-state index is -1.21. The molecule has 0 bridgehead atoms. The van der Waals surface area contributed by atoms with Crippen LogP contribution in [0.25, 0.3) is 0 Å². The molecule has 0 fully saturated rings. The molecule has 0 heterocycles. The van der Waals surface area contributed by atoms with E-state index in [1.165, 1.54) is 11.8 Å². The first-order chi connectivity index (χ1) is 24.2. The summed E-state index contributed by atoms with van der Waals surface area (Å²) in [6.07, 6.45) is -0.986. The van der Waals surface area contributed by atoms with Gasteiger partial charge in [0.2, 0.25) is 11.8 Å². The van der Waals surface area contributed by atoms with Gasteiger partial charge in [0.15, 0.2) is 0 Å². The van der Waals surface area contributed by atoms with Gasteiger partial charge in [0.1, 0.15) is 18.7 Å². The second kappa shape index (κ2) is 19.4. The van der Waals surface area contributed by atoms with E-state index in [1.54, 1.807) is 0 Å². The molecule has 4 aromatic rings. The summed E-state index contributed by atoms with van der Waals surface area (Å²) in [5.74, 6) is -1.29. The van der Waals surface area contributed by atoms with E-state index in [2.05, 4.69) is 16.0 Å². The summed E-state index contributed by atoms with van der Waals surface area (Å²) in [6.45, 7) is 1.59. The largest absolute Gasteiger partial charge is 0.445 e. The molecule has 11 heteroatoms. The third kappa shape index (κ3) is 12.4. The van der Waals surface area contributed by atoms with E-state index in [9.17, 15) is 24.3 Å². The maximum atomic E-state index is 13.7. The van der Waals surface area contributed by atoms with Gasteiger partial charge in [-0.05, 0) is 42.0 Å². The van der Waals surface area contributed by atoms with Gasteiger partial charge >= 0.3 is 12.1 Å². The van der Waals surface area contributed by atoms with E-state index in [1.807, 2.05) is 121 Å². The van der Waals surface area contributed by atoms with E-state index in [0.29, 0.717) is 6.42 Å². The Balaban J connectivity index is 1.45. The van der Waals surface area contributed by atoms with Crippen LogP contribution >= 0.6 is 0 Å². The molecule has 0 saturated heterocycles. The number of carbonyl (C=O) groups excluding carboxylic acids is 4. The number of amides is 5. The number of hydrogen-bond donors (Lipinski definition) is 5. The number of primary amides is 1. The predicted molar refractivity (Wildman–Crippen MR) is 191 cm³/mol. The van der Waals surface area contributed by atoms with Gasteiger partial charge in [-0.1, -0.05) is 121 Å². The van der Waals surface area contributed by atoms with Crippen molar-refractivity contribution in [2.75, 3.05) is 13.1 Å². The third-order valence-corrected chi connectivity index (χ3v) is 8.16. The number of carbonyl (C=O) groups is 4. The van der Waals surface area contributed by atoms with Crippen LogP contribution in [0.5, 0.6) is 0 Å². The van der Waals surface area contributed by atoms with Gasteiger partial charge in [-0.2, -0.15) is 0 Å². The molecule has 0 aromatic heterocycles. The second-order valence-electron chi connectivity index (χ2n) is 12.1. The number of urea groups is 1. The normalized spacial score (nSPS) is 13.2. The number of benzene rings is 4. The Bertz CT molecular complexity index is 1640.